The predicted octanol–water partition coefficient (Wildman–Crippen LogP) is 2.75. The Labute approximate surface area is 142 Å². The zero-order valence-corrected chi connectivity index (χ0v) is 15.8. The molecule has 1 saturated carbocycles. The summed E-state index contributed by atoms with van der Waals surface area (Å²) in [6, 6.07) is 0. The Morgan fingerprint density at radius 3 is 2.30 bits per heavy atom. The van der Waals surface area contributed by atoms with Crippen LogP contribution in [0.15, 0.2) is 0 Å². The molecule has 1 saturated heterocycles. The largest absolute Gasteiger partial charge is 0.389 e. The van der Waals surface area contributed by atoms with E-state index in [1.54, 1.807) is 0 Å². The van der Waals surface area contributed by atoms with Gasteiger partial charge in [-0.1, -0.05) is 20.8 Å². The van der Waals surface area contributed by atoms with Crippen molar-refractivity contribution in [2.75, 3.05) is 32.7 Å². The van der Waals surface area contributed by atoms with Gasteiger partial charge in [-0.2, -0.15) is 0 Å². The monoisotopic (exact) mass is 324 g/mol. The van der Waals surface area contributed by atoms with Crippen molar-refractivity contribution in [1.82, 2.24) is 9.80 Å². The first-order valence-electron chi connectivity index (χ1n) is 9.27. The van der Waals surface area contributed by atoms with Crippen LogP contribution in [-0.2, 0) is 4.79 Å². The molecule has 0 aromatic rings. The highest BCUT2D eigenvalue weighted by atomic mass is 16.3. The maximum atomic E-state index is 12.6. The Balaban J connectivity index is 1.79. The van der Waals surface area contributed by atoms with Crippen LogP contribution in [0.25, 0.3) is 0 Å². The van der Waals surface area contributed by atoms with Crippen molar-refractivity contribution in [3.05, 3.63) is 0 Å². The fourth-order valence-electron chi connectivity index (χ4n) is 4.78. The van der Waals surface area contributed by atoms with Crippen LogP contribution in [0.1, 0.15) is 60.3 Å². The van der Waals surface area contributed by atoms with Crippen LogP contribution in [0, 0.1) is 17.3 Å². The van der Waals surface area contributed by atoms with Crippen LogP contribution >= 0.6 is 0 Å². The lowest BCUT2D eigenvalue weighted by Gasteiger charge is -2.41. The molecule has 4 nitrogen and oxygen atoms in total. The molecule has 1 N–H and O–H groups in total. The van der Waals surface area contributed by atoms with Gasteiger partial charge in [0.2, 0.25) is 5.91 Å². The standard InChI is InChI=1S/C19H36N2O2/c1-15-10-16(13-18(2,3)12-15)11-17(22)21-8-6-20(7-9-21)14-19(4,5)23/h15-16,23H,6-14H2,1-5H3/t15-,16-/m1/s1. The molecule has 0 bridgehead atoms. The second-order valence-electron chi connectivity index (χ2n) is 9.45. The van der Waals surface area contributed by atoms with Crippen LogP contribution in [0.3, 0.4) is 0 Å². The van der Waals surface area contributed by atoms with Gasteiger partial charge in [0.05, 0.1) is 5.60 Å². The number of β-amino-alcohol motifs (C(OH)–C–C–N with tert-alkyl or cyclic N) is 1. The van der Waals surface area contributed by atoms with Gasteiger partial charge in [0.1, 0.15) is 0 Å². The molecule has 23 heavy (non-hydrogen) atoms. The van der Waals surface area contributed by atoms with Crippen LogP contribution in [-0.4, -0.2) is 59.1 Å². The summed E-state index contributed by atoms with van der Waals surface area (Å²) in [5.74, 6) is 1.62. The smallest absolute Gasteiger partial charge is 0.222 e. The van der Waals surface area contributed by atoms with Gasteiger partial charge >= 0.3 is 0 Å². The van der Waals surface area contributed by atoms with Gasteiger partial charge in [0.25, 0.3) is 0 Å². The summed E-state index contributed by atoms with van der Waals surface area (Å²) in [6.45, 7) is 14.8. The minimum atomic E-state index is -0.657. The van der Waals surface area contributed by atoms with Gasteiger partial charge in [-0.3, -0.25) is 9.69 Å². The molecule has 4 heteroatoms. The van der Waals surface area contributed by atoms with Gasteiger partial charge in [-0.05, 0) is 50.4 Å². The zero-order valence-electron chi connectivity index (χ0n) is 15.8. The van der Waals surface area contributed by atoms with Gasteiger partial charge in [0, 0.05) is 39.1 Å². The van der Waals surface area contributed by atoms with E-state index < -0.39 is 5.60 Å². The normalized spacial score (nSPS) is 29.6. The summed E-state index contributed by atoms with van der Waals surface area (Å²) in [5, 5.41) is 9.91. The molecule has 2 fully saturated rings. The van der Waals surface area contributed by atoms with E-state index in [4.69, 9.17) is 0 Å². The van der Waals surface area contributed by atoms with E-state index >= 15 is 0 Å². The lowest BCUT2D eigenvalue weighted by atomic mass is 9.67. The molecule has 1 aliphatic carbocycles. The van der Waals surface area contributed by atoms with Crippen LogP contribution < -0.4 is 0 Å². The van der Waals surface area contributed by atoms with E-state index in [2.05, 4.69) is 25.7 Å². The molecular weight excluding hydrogens is 288 g/mol. The van der Waals surface area contributed by atoms with E-state index in [0.29, 0.717) is 23.8 Å². The molecule has 0 spiro atoms. The second-order valence-corrected chi connectivity index (χ2v) is 9.45. The van der Waals surface area contributed by atoms with Crippen molar-refractivity contribution >= 4 is 5.91 Å². The van der Waals surface area contributed by atoms with Crippen LogP contribution in [0.5, 0.6) is 0 Å². The summed E-state index contributed by atoms with van der Waals surface area (Å²) >= 11 is 0. The third-order valence-electron chi connectivity index (χ3n) is 5.28. The molecule has 0 aromatic carbocycles. The van der Waals surface area contributed by atoms with Crippen molar-refractivity contribution in [2.45, 2.75) is 65.9 Å². The lowest BCUT2D eigenvalue weighted by molar-refractivity contribution is -0.135. The molecule has 0 unspecified atom stereocenters. The average molecular weight is 325 g/mol. The van der Waals surface area contributed by atoms with E-state index in [9.17, 15) is 9.90 Å². The van der Waals surface area contributed by atoms with E-state index in [1.807, 2.05) is 18.7 Å². The highest BCUT2D eigenvalue weighted by molar-refractivity contribution is 5.76. The molecule has 0 aromatic heterocycles. The highest BCUT2D eigenvalue weighted by Crippen LogP contribution is 2.42. The minimum Gasteiger partial charge on any atom is -0.389 e. The number of piperazine rings is 1. The predicted molar refractivity (Wildman–Crippen MR) is 94.2 cm³/mol. The van der Waals surface area contributed by atoms with Crippen molar-refractivity contribution in [1.29, 1.82) is 0 Å². The van der Waals surface area contributed by atoms with Crippen molar-refractivity contribution in [3.63, 3.8) is 0 Å². The number of rotatable bonds is 4. The Kier molecular flexibility index (Phi) is 5.78. The Morgan fingerprint density at radius 1 is 1.17 bits per heavy atom. The van der Waals surface area contributed by atoms with E-state index in [0.717, 1.165) is 38.5 Å². The lowest BCUT2D eigenvalue weighted by Crippen LogP contribution is -2.52. The molecule has 134 valence electrons. The van der Waals surface area contributed by atoms with E-state index in [1.165, 1.54) is 19.3 Å². The number of carbonyl (C=O) groups excluding carboxylic acids is 1. The maximum Gasteiger partial charge on any atom is 0.222 e. The molecule has 0 radical (unpaired) electrons. The first kappa shape index (κ1) is 18.7. The second kappa shape index (κ2) is 7.10. The molecule has 2 rings (SSSR count). The Bertz CT molecular complexity index is 406. The Morgan fingerprint density at radius 2 is 1.78 bits per heavy atom. The third kappa shape index (κ3) is 6.07. The first-order chi connectivity index (χ1) is 10.5. The third-order valence-corrected chi connectivity index (χ3v) is 5.28. The number of carbonyl (C=O) groups is 1. The van der Waals surface area contributed by atoms with Gasteiger partial charge < -0.3 is 10.0 Å². The number of amides is 1. The Hall–Kier alpha value is -0.610. The van der Waals surface area contributed by atoms with Gasteiger partial charge in [0.15, 0.2) is 0 Å². The molecule has 1 amide bonds. The summed E-state index contributed by atoms with van der Waals surface area (Å²) < 4.78 is 0. The fourth-order valence-corrected chi connectivity index (χ4v) is 4.78. The molecule has 2 atom stereocenters. The summed E-state index contributed by atoms with van der Waals surface area (Å²) in [4.78, 5) is 16.9. The van der Waals surface area contributed by atoms with Crippen molar-refractivity contribution in [3.8, 4) is 0 Å². The first-order valence-corrected chi connectivity index (χ1v) is 9.27. The molecule has 2 aliphatic rings. The SMILES string of the molecule is C[C@@H]1C[C@H](CC(=O)N2CCN(CC(C)(C)O)CC2)CC(C)(C)C1. The number of hydrogen-bond acceptors (Lipinski definition) is 3. The number of hydrogen-bond donors (Lipinski definition) is 1. The van der Waals surface area contributed by atoms with Gasteiger partial charge in [-0.15, -0.1) is 0 Å². The van der Waals surface area contributed by atoms with E-state index in [-0.39, 0.29) is 0 Å². The summed E-state index contributed by atoms with van der Waals surface area (Å²) in [6.07, 6.45) is 4.39. The average Bonchev–Trinajstić information content (AvgIpc) is 2.34. The quantitative estimate of drug-likeness (QED) is 0.865. The van der Waals surface area contributed by atoms with Crippen molar-refractivity contribution < 1.29 is 9.90 Å². The summed E-state index contributed by atoms with van der Waals surface area (Å²) in [7, 11) is 0. The molecule has 1 heterocycles. The van der Waals surface area contributed by atoms with Gasteiger partial charge in [-0.25, -0.2) is 0 Å². The number of aliphatic hydroxyl groups is 1. The van der Waals surface area contributed by atoms with Crippen molar-refractivity contribution in [2.24, 2.45) is 17.3 Å². The molecular formula is C19H36N2O2. The minimum absolute atomic E-state index is 0.336. The highest BCUT2D eigenvalue weighted by Gasteiger charge is 2.34. The zero-order chi connectivity index (χ0) is 17.3. The summed E-state index contributed by atoms with van der Waals surface area (Å²) in [5.41, 5.74) is -0.274. The fraction of sp³-hybridized carbons (Fsp3) is 0.947. The molecule has 1 aliphatic heterocycles. The van der Waals surface area contributed by atoms with Crippen LogP contribution in [0.2, 0.25) is 0 Å². The topological polar surface area (TPSA) is 43.8 Å². The van der Waals surface area contributed by atoms with Crippen LogP contribution in [0.4, 0.5) is 0 Å². The number of nitrogens with zero attached hydrogens (tertiary/aromatic N) is 2. The maximum absolute atomic E-state index is 12.6.